The van der Waals surface area contributed by atoms with Crippen LogP contribution in [0.2, 0.25) is 0 Å². The van der Waals surface area contributed by atoms with Crippen LogP contribution in [0.15, 0.2) is 54.9 Å². The predicted octanol–water partition coefficient (Wildman–Crippen LogP) is 4.02. The molecule has 2 heterocycles. The molecular formula is C22H22FN3O2. The minimum Gasteiger partial charge on any atom is -0.496 e. The first kappa shape index (κ1) is 18.1. The molecule has 2 aromatic carbocycles. The Hall–Kier alpha value is -3.28. The third kappa shape index (κ3) is 3.58. The number of nitrogens with zero attached hydrogens (tertiary/aromatic N) is 1. The average molecular weight is 379 g/mol. The van der Waals surface area contributed by atoms with E-state index in [9.17, 15) is 9.18 Å². The first-order chi connectivity index (χ1) is 13.7. The number of rotatable bonds is 7. The van der Waals surface area contributed by atoms with E-state index in [4.69, 9.17) is 4.74 Å². The second-order valence-corrected chi connectivity index (χ2v) is 6.76. The van der Waals surface area contributed by atoms with Crippen LogP contribution in [0.3, 0.4) is 0 Å². The van der Waals surface area contributed by atoms with Crippen molar-refractivity contribution in [3.63, 3.8) is 0 Å². The number of aryl methyl sites for hydroxylation is 1. The van der Waals surface area contributed by atoms with Crippen LogP contribution in [0.5, 0.6) is 5.75 Å². The van der Waals surface area contributed by atoms with E-state index in [0.29, 0.717) is 25.9 Å². The number of benzene rings is 2. The molecule has 5 nitrogen and oxygen atoms in total. The highest BCUT2D eigenvalue weighted by molar-refractivity contribution is 5.87. The molecule has 4 rings (SSSR count). The van der Waals surface area contributed by atoms with Crippen molar-refractivity contribution in [3.8, 4) is 5.75 Å². The van der Waals surface area contributed by atoms with Gasteiger partial charge in [-0.2, -0.15) is 0 Å². The van der Waals surface area contributed by atoms with Crippen molar-refractivity contribution in [3.05, 3.63) is 66.2 Å². The molecule has 0 spiro atoms. The zero-order valence-corrected chi connectivity index (χ0v) is 15.7. The lowest BCUT2D eigenvalue weighted by atomic mass is 10.1. The van der Waals surface area contributed by atoms with E-state index in [-0.39, 0.29) is 11.7 Å². The van der Waals surface area contributed by atoms with Crippen LogP contribution in [-0.2, 0) is 17.8 Å². The quantitative estimate of drug-likeness (QED) is 0.510. The van der Waals surface area contributed by atoms with E-state index in [0.717, 1.165) is 33.1 Å². The topological polar surface area (TPSA) is 59.0 Å². The van der Waals surface area contributed by atoms with Gasteiger partial charge in [-0.05, 0) is 48.4 Å². The maximum Gasteiger partial charge on any atom is 0.221 e. The Balaban J connectivity index is 1.32. The normalized spacial score (nSPS) is 11.2. The number of hydrogen-bond acceptors (Lipinski definition) is 2. The molecule has 0 saturated heterocycles. The molecule has 4 aromatic rings. The molecule has 0 radical (unpaired) electrons. The van der Waals surface area contributed by atoms with E-state index in [2.05, 4.69) is 14.9 Å². The summed E-state index contributed by atoms with van der Waals surface area (Å²) in [5.74, 6) is 0.569. The van der Waals surface area contributed by atoms with E-state index in [1.165, 1.54) is 12.1 Å². The minimum atomic E-state index is -0.257. The van der Waals surface area contributed by atoms with Crippen molar-refractivity contribution < 1.29 is 13.9 Å². The number of methoxy groups -OCH3 is 1. The van der Waals surface area contributed by atoms with E-state index in [1.807, 2.05) is 36.7 Å². The molecule has 144 valence electrons. The number of halogens is 1. The van der Waals surface area contributed by atoms with Gasteiger partial charge in [0.25, 0.3) is 0 Å². The molecule has 0 aliphatic rings. The summed E-state index contributed by atoms with van der Waals surface area (Å²) in [5, 5.41) is 4.85. The fourth-order valence-electron chi connectivity index (χ4n) is 3.57. The maximum atomic E-state index is 13.4. The van der Waals surface area contributed by atoms with Crippen molar-refractivity contribution in [1.82, 2.24) is 14.9 Å². The Morgan fingerprint density at radius 1 is 1.21 bits per heavy atom. The number of H-pyrrole nitrogens is 1. The Kier molecular flexibility index (Phi) is 5.02. The summed E-state index contributed by atoms with van der Waals surface area (Å²) in [7, 11) is 1.65. The number of aromatic nitrogens is 2. The van der Waals surface area contributed by atoms with E-state index in [1.54, 1.807) is 13.2 Å². The molecule has 28 heavy (non-hydrogen) atoms. The highest BCUT2D eigenvalue weighted by Crippen LogP contribution is 2.26. The van der Waals surface area contributed by atoms with Crippen LogP contribution in [0.1, 0.15) is 12.0 Å². The summed E-state index contributed by atoms with van der Waals surface area (Å²) >= 11 is 0. The molecule has 0 atom stereocenters. The standard InChI is InChI=1S/C22H22FN3O2/c1-28-21-4-2-3-20-17(21)8-11-26(20)12-9-22(27)24-10-7-15-14-25-19-6-5-16(23)13-18(15)19/h2-6,8,11,13-14,25H,7,9-10,12H2,1H3,(H,24,27). The van der Waals surface area contributed by atoms with E-state index >= 15 is 0 Å². The Morgan fingerprint density at radius 3 is 2.96 bits per heavy atom. The van der Waals surface area contributed by atoms with Crippen molar-refractivity contribution in [2.45, 2.75) is 19.4 Å². The third-order valence-corrected chi connectivity index (χ3v) is 5.02. The van der Waals surface area contributed by atoms with Crippen LogP contribution in [-0.4, -0.2) is 29.1 Å². The molecule has 0 fully saturated rings. The second kappa shape index (κ2) is 7.76. The van der Waals surface area contributed by atoms with Gasteiger partial charge in [-0.25, -0.2) is 4.39 Å². The zero-order valence-electron chi connectivity index (χ0n) is 15.7. The van der Waals surface area contributed by atoms with Crippen LogP contribution >= 0.6 is 0 Å². The summed E-state index contributed by atoms with van der Waals surface area (Å²) in [5.41, 5.74) is 2.95. The van der Waals surface area contributed by atoms with Crippen molar-refractivity contribution in [2.24, 2.45) is 0 Å². The Bertz CT molecular complexity index is 1130. The zero-order chi connectivity index (χ0) is 19.5. The fourth-order valence-corrected chi connectivity index (χ4v) is 3.57. The smallest absolute Gasteiger partial charge is 0.221 e. The van der Waals surface area contributed by atoms with Crippen LogP contribution in [0.4, 0.5) is 4.39 Å². The number of nitrogens with one attached hydrogen (secondary N) is 2. The van der Waals surface area contributed by atoms with Crippen LogP contribution < -0.4 is 10.1 Å². The number of aromatic amines is 1. The van der Waals surface area contributed by atoms with Crippen molar-refractivity contribution in [1.29, 1.82) is 0 Å². The minimum absolute atomic E-state index is 0.00392. The number of carbonyl (C=O) groups excluding carboxylic acids is 1. The summed E-state index contributed by atoms with van der Waals surface area (Å²) in [6, 6.07) is 12.6. The lowest BCUT2D eigenvalue weighted by Gasteiger charge is -2.08. The average Bonchev–Trinajstić information content (AvgIpc) is 3.30. The summed E-state index contributed by atoms with van der Waals surface area (Å²) in [6.07, 6.45) is 4.89. The fraction of sp³-hybridized carbons (Fsp3) is 0.227. The Morgan fingerprint density at radius 2 is 2.11 bits per heavy atom. The summed E-state index contributed by atoms with van der Waals surface area (Å²) in [6.45, 7) is 1.11. The molecule has 2 N–H and O–H groups in total. The van der Waals surface area contributed by atoms with Gasteiger partial charge < -0.3 is 19.6 Å². The van der Waals surface area contributed by atoms with Gasteiger partial charge in [0.15, 0.2) is 0 Å². The number of ether oxygens (including phenoxy) is 1. The van der Waals surface area contributed by atoms with Gasteiger partial charge in [0.2, 0.25) is 5.91 Å². The summed E-state index contributed by atoms with van der Waals surface area (Å²) < 4.78 is 20.9. The number of carbonyl (C=O) groups is 1. The van der Waals surface area contributed by atoms with Gasteiger partial charge >= 0.3 is 0 Å². The predicted molar refractivity (Wildman–Crippen MR) is 108 cm³/mol. The molecule has 0 aliphatic carbocycles. The van der Waals surface area contributed by atoms with Gasteiger partial charge in [0, 0.05) is 48.2 Å². The van der Waals surface area contributed by atoms with Gasteiger partial charge in [0.1, 0.15) is 11.6 Å². The summed E-state index contributed by atoms with van der Waals surface area (Å²) in [4.78, 5) is 15.4. The first-order valence-corrected chi connectivity index (χ1v) is 9.30. The number of hydrogen-bond donors (Lipinski definition) is 2. The molecule has 6 heteroatoms. The molecule has 0 bridgehead atoms. The van der Waals surface area contributed by atoms with Crippen molar-refractivity contribution in [2.75, 3.05) is 13.7 Å². The van der Waals surface area contributed by atoms with Crippen LogP contribution in [0, 0.1) is 5.82 Å². The van der Waals surface area contributed by atoms with Gasteiger partial charge in [0.05, 0.1) is 12.6 Å². The van der Waals surface area contributed by atoms with Crippen LogP contribution in [0.25, 0.3) is 21.8 Å². The molecule has 1 amide bonds. The third-order valence-electron chi connectivity index (χ3n) is 5.02. The van der Waals surface area contributed by atoms with Gasteiger partial charge in [-0.3, -0.25) is 4.79 Å². The molecule has 0 unspecified atom stereocenters. The largest absolute Gasteiger partial charge is 0.496 e. The highest BCUT2D eigenvalue weighted by Gasteiger charge is 2.09. The first-order valence-electron chi connectivity index (χ1n) is 9.30. The van der Waals surface area contributed by atoms with Crippen molar-refractivity contribution >= 4 is 27.7 Å². The Labute approximate surface area is 162 Å². The lowest BCUT2D eigenvalue weighted by molar-refractivity contribution is -0.121. The molecule has 0 saturated carbocycles. The second-order valence-electron chi connectivity index (χ2n) is 6.76. The maximum absolute atomic E-state index is 13.4. The molecular weight excluding hydrogens is 357 g/mol. The number of amides is 1. The number of fused-ring (bicyclic) bond motifs is 2. The lowest BCUT2D eigenvalue weighted by Crippen LogP contribution is -2.26. The molecule has 2 aromatic heterocycles. The van der Waals surface area contributed by atoms with E-state index < -0.39 is 0 Å². The monoisotopic (exact) mass is 379 g/mol. The van der Waals surface area contributed by atoms with Gasteiger partial charge in [-0.15, -0.1) is 0 Å². The highest BCUT2D eigenvalue weighted by atomic mass is 19.1. The molecule has 0 aliphatic heterocycles. The SMILES string of the molecule is COc1cccc2c1ccn2CCC(=O)NCCc1c[nH]c2ccc(F)cc12. The van der Waals surface area contributed by atoms with Gasteiger partial charge in [-0.1, -0.05) is 6.07 Å².